The number of aldehydes is 1. The highest BCUT2D eigenvalue weighted by Gasteiger charge is 2.13. The average Bonchev–Trinajstić information content (AvgIpc) is 2.57. The lowest BCUT2D eigenvalue weighted by Crippen LogP contribution is -2.31. The number of rotatable bonds is 5. The highest BCUT2D eigenvalue weighted by Crippen LogP contribution is 2.19. The number of hydrogen-bond donors (Lipinski definition) is 1. The second-order valence-electron chi connectivity index (χ2n) is 6.36. The molecule has 0 spiro atoms. The summed E-state index contributed by atoms with van der Waals surface area (Å²) in [5.74, 6) is 0.847. The van der Waals surface area contributed by atoms with Crippen LogP contribution in [0.5, 0.6) is 0 Å². The van der Waals surface area contributed by atoms with Gasteiger partial charge in [-0.3, -0.25) is 9.59 Å². The maximum Gasteiger partial charge on any atom is 0.260 e. The van der Waals surface area contributed by atoms with Crippen LogP contribution in [0.4, 0.5) is 5.69 Å². The van der Waals surface area contributed by atoms with Crippen molar-refractivity contribution in [2.75, 3.05) is 18.9 Å². The lowest BCUT2D eigenvalue weighted by Gasteiger charge is -2.25. The Kier molecular flexibility index (Phi) is 6.29. The van der Waals surface area contributed by atoms with Crippen LogP contribution in [0.2, 0.25) is 0 Å². The third-order valence-corrected chi connectivity index (χ3v) is 4.14. The van der Waals surface area contributed by atoms with E-state index in [0.717, 1.165) is 37.2 Å². The molecule has 128 valence electrons. The van der Waals surface area contributed by atoms with Crippen molar-refractivity contribution >= 4 is 23.7 Å². The van der Waals surface area contributed by atoms with Gasteiger partial charge in [0, 0.05) is 31.9 Å². The predicted molar refractivity (Wildman–Crippen MR) is 97.2 cm³/mol. The number of piperidine rings is 1. The zero-order valence-electron chi connectivity index (χ0n) is 14.6. The number of hydrogen-bond acceptors (Lipinski definition) is 3. The number of amidine groups is 1. The fourth-order valence-electron chi connectivity index (χ4n) is 2.58. The van der Waals surface area contributed by atoms with Gasteiger partial charge in [-0.1, -0.05) is 26.0 Å². The van der Waals surface area contributed by atoms with Crippen LogP contribution in [0.1, 0.15) is 44.6 Å². The molecule has 0 aliphatic carbocycles. The van der Waals surface area contributed by atoms with Gasteiger partial charge in [0.1, 0.15) is 5.84 Å². The third-order valence-electron chi connectivity index (χ3n) is 4.14. The molecule has 0 atom stereocenters. The molecule has 1 N–H and O–H groups in total. The minimum absolute atomic E-state index is 0.0245. The van der Waals surface area contributed by atoms with Crippen LogP contribution in [0.3, 0.4) is 0 Å². The number of benzene rings is 1. The van der Waals surface area contributed by atoms with Crippen LogP contribution in [0.15, 0.2) is 41.0 Å². The molecule has 0 radical (unpaired) electrons. The van der Waals surface area contributed by atoms with Crippen molar-refractivity contribution in [3.63, 3.8) is 0 Å². The van der Waals surface area contributed by atoms with Crippen molar-refractivity contribution in [2.45, 2.75) is 39.0 Å². The summed E-state index contributed by atoms with van der Waals surface area (Å²) in [5.41, 5.74) is 1.84. The van der Waals surface area contributed by atoms with E-state index in [1.807, 2.05) is 31.3 Å². The standard InChI is InChI=1S/C19H25N3O2/c1-14(2)15-7-6-8-17(11-15)21-19(24)16(13-23)12-20-18-9-4-5-10-22(18)3/h6-8,11-14H,4-5,9-10H2,1-3H3,(H,21,24)/b16-12+,20-18?. The molecule has 0 bridgehead atoms. The average molecular weight is 327 g/mol. The molecular formula is C19H25N3O2. The highest BCUT2D eigenvalue weighted by atomic mass is 16.2. The van der Waals surface area contributed by atoms with Gasteiger partial charge in [0.2, 0.25) is 0 Å². The van der Waals surface area contributed by atoms with Gasteiger partial charge in [0.15, 0.2) is 6.29 Å². The Bertz CT molecular complexity index is 662. The number of nitrogens with one attached hydrogen (secondary N) is 1. The molecule has 1 aliphatic rings. The second kappa shape index (κ2) is 8.43. The maximum absolute atomic E-state index is 12.3. The lowest BCUT2D eigenvalue weighted by atomic mass is 10.0. The van der Waals surface area contributed by atoms with Gasteiger partial charge in [-0.05, 0) is 36.5 Å². The largest absolute Gasteiger partial charge is 0.363 e. The molecule has 1 aromatic rings. The van der Waals surface area contributed by atoms with Crippen molar-refractivity contribution < 1.29 is 9.59 Å². The Labute approximate surface area is 143 Å². The first-order valence-electron chi connectivity index (χ1n) is 8.35. The topological polar surface area (TPSA) is 61.8 Å². The maximum atomic E-state index is 12.3. The van der Waals surface area contributed by atoms with Gasteiger partial charge in [0.05, 0.1) is 5.57 Å². The minimum atomic E-state index is -0.436. The molecule has 1 aromatic carbocycles. The Morgan fingerprint density at radius 3 is 2.79 bits per heavy atom. The van der Waals surface area contributed by atoms with Crippen molar-refractivity contribution in [1.82, 2.24) is 4.90 Å². The van der Waals surface area contributed by atoms with Gasteiger partial charge in [-0.25, -0.2) is 4.99 Å². The molecule has 5 nitrogen and oxygen atoms in total. The summed E-state index contributed by atoms with van der Waals surface area (Å²) in [5, 5.41) is 2.77. The first-order valence-corrected chi connectivity index (χ1v) is 8.35. The summed E-state index contributed by atoms with van der Waals surface area (Å²) in [6.45, 7) is 5.14. The van der Waals surface area contributed by atoms with Crippen molar-refractivity contribution in [1.29, 1.82) is 0 Å². The molecule has 24 heavy (non-hydrogen) atoms. The van der Waals surface area contributed by atoms with E-state index < -0.39 is 5.91 Å². The zero-order valence-corrected chi connectivity index (χ0v) is 14.6. The molecule has 5 heteroatoms. The Morgan fingerprint density at radius 2 is 2.12 bits per heavy atom. The van der Waals surface area contributed by atoms with Crippen molar-refractivity contribution in [3.8, 4) is 0 Å². The van der Waals surface area contributed by atoms with Crippen LogP contribution >= 0.6 is 0 Å². The van der Waals surface area contributed by atoms with Gasteiger partial charge in [-0.2, -0.15) is 0 Å². The van der Waals surface area contributed by atoms with E-state index in [1.165, 1.54) is 6.20 Å². The molecular weight excluding hydrogens is 302 g/mol. The number of carbonyl (C=O) groups is 2. The first-order chi connectivity index (χ1) is 11.5. The lowest BCUT2D eigenvalue weighted by molar-refractivity contribution is -0.115. The number of likely N-dealkylation sites (tertiary alicyclic amines) is 1. The van der Waals surface area contributed by atoms with Gasteiger partial charge in [0.25, 0.3) is 5.91 Å². The molecule has 0 aromatic heterocycles. The molecule has 0 saturated carbocycles. The quantitative estimate of drug-likeness (QED) is 0.390. The molecule has 1 fully saturated rings. The summed E-state index contributed by atoms with van der Waals surface area (Å²) in [6.07, 6.45) is 5.02. The Balaban J connectivity index is 2.11. The third kappa shape index (κ3) is 4.78. The monoisotopic (exact) mass is 327 g/mol. The van der Waals surface area contributed by atoms with E-state index in [4.69, 9.17) is 0 Å². The summed E-state index contributed by atoms with van der Waals surface area (Å²) >= 11 is 0. The van der Waals surface area contributed by atoms with Crippen LogP contribution in [-0.2, 0) is 9.59 Å². The summed E-state index contributed by atoms with van der Waals surface area (Å²) < 4.78 is 0. The second-order valence-corrected chi connectivity index (χ2v) is 6.36. The number of nitrogens with zero attached hydrogens (tertiary/aromatic N) is 2. The van der Waals surface area contributed by atoms with E-state index in [0.29, 0.717) is 17.9 Å². The van der Waals surface area contributed by atoms with Crippen LogP contribution in [-0.4, -0.2) is 36.5 Å². The number of carbonyl (C=O) groups excluding carboxylic acids is 2. The fraction of sp³-hybridized carbons (Fsp3) is 0.421. The summed E-state index contributed by atoms with van der Waals surface area (Å²) in [7, 11) is 1.98. The number of amides is 1. The van der Waals surface area contributed by atoms with E-state index in [1.54, 1.807) is 0 Å². The normalized spacial score (nSPS) is 17.2. The van der Waals surface area contributed by atoms with Gasteiger partial charge < -0.3 is 10.2 Å². The minimum Gasteiger partial charge on any atom is -0.363 e. The van der Waals surface area contributed by atoms with Gasteiger partial charge >= 0.3 is 0 Å². The molecule has 1 saturated heterocycles. The number of anilines is 1. The molecule has 1 aliphatic heterocycles. The SMILES string of the molecule is CC(C)c1cccc(NC(=O)/C(C=O)=C/N=C2CCCCN2C)c1. The smallest absolute Gasteiger partial charge is 0.260 e. The molecule has 1 heterocycles. The van der Waals surface area contributed by atoms with Gasteiger partial charge in [-0.15, -0.1) is 0 Å². The van der Waals surface area contributed by atoms with E-state index >= 15 is 0 Å². The fourth-order valence-corrected chi connectivity index (χ4v) is 2.58. The van der Waals surface area contributed by atoms with Crippen LogP contribution < -0.4 is 5.32 Å². The van der Waals surface area contributed by atoms with Crippen molar-refractivity contribution in [3.05, 3.63) is 41.6 Å². The Morgan fingerprint density at radius 1 is 1.33 bits per heavy atom. The van der Waals surface area contributed by atoms with Crippen LogP contribution in [0.25, 0.3) is 0 Å². The van der Waals surface area contributed by atoms with E-state index in [2.05, 4.69) is 29.1 Å². The van der Waals surface area contributed by atoms with E-state index in [-0.39, 0.29) is 5.57 Å². The molecule has 2 rings (SSSR count). The van der Waals surface area contributed by atoms with Crippen LogP contribution in [0, 0.1) is 0 Å². The van der Waals surface area contributed by atoms with E-state index in [9.17, 15) is 9.59 Å². The van der Waals surface area contributed by atoms with Crippen molar-refractivity contribution in [2.24, 2.45) is 4.99 Å². The Hall–Kier alpha value is -2.43. The molecule has 0 unspecified atom stereocenters. The molecule has 1 amide bonds. The highest BCUT2D eigenvalue weighted by molar-refractivity contribution is 6.16. The first kappa shape index (κ1) is 17.9. The predicted octanol–water partition coefficient (Wildman–Crippen LogP) is 3.35. The zero-order chi connectivity index (χ0) is 17.5. The summed E-state index contributed by atoms with van der Waals surface area (Å²) in [4.78, 5) is 29.9. The summed E-state index contributed by atoms with van der Waals surface area (Å²) in [6, 6.07) is 7.65. The number of aliphatic imine (C=N–C) groups is 1.